The predicted molar refractivity (Wildman–Crippen MR) is 50.3 cm³/mol. The van der Waals surface area contributed by atoms with Crippen molar-refractivity contribution in [3.63, 3.8) is 0 Å². The van der Waals surface area contributed by atoms with Crippen LogP contribution in [0.2, 0.25) is 0 Å². The van der Waals surface area contributed by atoms with Crippen LogP contribution in [-0.2, 0) is 9.73 Å². The first-order valence-corrected chi connectivity index (χ1v) is 5.96. The Morgan fingerprint density at radius 1 is 1.36 bits per heavy atom. The first-order chi connectivity index (χ1) is 4.91. The van der Waals surface area contributed by atoms with Gasteiger partial charge in [0, 0.05) is 20.7 Å². The van der Waals surface area contributed by atoms with Gasteiger partial charge in [-0.3, -0.25) is 4.78 Å². The van der Waals surface area contributed by atoms with Gasteiger partial charge in [0.25, 0.3) is 0 Å². The molecular weight excluding hydrogens is 158 g/mol. The third-order valence-corrected chi connectivity index (χ3v) is 4.81. The van der Waals surface area contributed by atoms with E-state index in [4.69, 9.17) is 4.78 Å². The van der Waals surface area contributed by atoms with Crippen molar-refractivity contribution >= 4 is 9.73 Å². The summed E-state index contributed by atoms with van der Waals surface area (Å²) in [5, 5.41) is 0.0300. The summed E-state index contributed by atoms with van der Waals surface area (Å²) in [5.74, 6) is 0.901. The molecule has 0 aromatic carbocycles. The van der Waals surface area contributed by atoms with E-state index in [2.05, 4.69) is 0 Å². The van der Waals surface area contributed by atoms with Crippen LogP contribution in [0.25, 0.3) is 0 Å². The van der Waals surface area contributed by atoms with Crippen molar-refractivity contribution in [2.45, 2.75) is 39.4 Å². The van der Waals surface area contributed by atoms with Gasteiger partial charge in [-0.2, -0.15) is 0 Å². The Labute approximate surface area is 70.4 Å². The van der Waals surface area contributed by atoms with Crippen LogP contribution in [0.15, 0.2) is 0 Å². The monoisotopic (exact) mass is 177 g/mol. The van der Waals surface area contributed by atoms with Gasteiger partial charge in [0.2, 0.25) is 0 Å². The van der Waals surface area contributed by atoms with Crippen molar-refractivity contribution < 1.29 is 4.21 Å². The third kappa shape index (κ3) is 3.23. The molecule has 0 aromatic rings. The van der Waals surface area contributed by atoms with Crippen LogP contribution in [0.1, 0.15) is 34.1 Å². The summed E-state index contributed by atoms with van der Waals surface area (Å²) >= 11 is 0. The van der Waals surface area contributed by atoms with Crippen molar-refractivity contribution in [1.82, 2.24) is 0 Å². The standard InChI is InChI=1S/C8H19NOS/c1-5-6-11(9,10)8(4)7(2)3/h7-9H,5-6H2,1-4H3/t8-,11-/m1/s1. The Hall–Kier alpha value is -0.0500. The first kappa shape index (κ1) is 11.0. The van der Waals surface area contributed by atoms with Gasteiger partial charge in [0.1, 0.15) is 0 Å². The van der Waals surface area contributed by atoms with Crippen LogP contribution in [0, 0.1) is 10.7 Å². The van der Waals surface area contributed by atoms with E-state index in [1.807, 2.05) is 27.7 Å². The van der Waals surface area contributed by atoms with Crippen LogP contribution in [-0.4, -0.2) is 15.2 Å². The van der Waals surface area contributed by atoms with Crippen LogP contribution in [0.4, 0.5) is 0 Å². The minimum Gasteiger partial charge on any atom is -0.253 e. The summed E-state index contributed by atoms with van der Waals surface area (Å²) in [7, 11) is -2.31. The quantitative estimate of drug-likeness (QED) is 0.704. The zero-order valence-electron chi connectivity index (χ0n) is 7.89. The van der Waals surface area contributed by atoms with Crippen LogP contribution in [0.5, 0.6) is 0 Å². The third-order valence-electron chi connectivity index (χ3n) is 2.05. The molecule has 2 nitrogen and oxygen atoms in total. The zero-order valence-corrected chi connectivity index (χ0v) is 8.70. The van der Waals surface area contributed by atoms with Crippen LogP contribution in [0.3, 0.4) is 0 Å². The second-order valence-corrected chi connectivity index (χ2v) is 5.98. The average Bonchev–Trinajstić information content (AvgIpc) is 1.86. The molecule has 0 fully saturated rings. The van der Waals surface area contributed by atoms with Crippen molar-refractivity contribution in [2.75, 3.05) is 5.75 Å². The van der Waals surface area contributed by atoms with E-state index in [9.17, 15) is 4.21 Å². The van der Waals surface area contributed by atoms with E-state index in [1.165, 1.54) is 0 Å². The summed E-state index contributed by atoms with van der Waals surface area (Å²) in [4.78, 5) is 0. The van der Waals surface area contributed by atoms with Gasteiger partial charge in [-0.25, -0.2) is 4.21 Å². The Balaban J connectivity index is 4.31. The molecule has 0 spiro atoms. The number of rotatable bonds is 4. The van der Waals surface area contributed by atoms with Crippen molar-refractivity contribution in [3.05, 3.63) is 0 Å². The molecule has 2 atom stereocenters. The number of nitrogens with one attached hydrogen (secondary N) is 1. The summed E-state index contributed by atoms with van der Waals surface area (Å²) in [6.45, 7) is 7.93. The predicted octanol–water partition coefficient (Wildman–Crippen LogP) is 2.49. The molecule has 0 aliphatic rings. The van der Waals surface area contributed by atoms with E-state index in [-0.39, 0.29) is 5.25 Å². The molecule has 68 valence electrons. The molecule has 0 aliphatic heterocycles. The van der Waals surface area contributed by atoms with Gasteiger partial charge in [-0.05, 0) is 19.3 Å². The fourth-order valence-corrected chi connectivity index (χ4v) is 2.79. The summed E-state index contributed by atoms with van der Waals surface area (Å²) in [5.41, 5.74) is 0. The molecule has 1 N–H and O–H groups in total. The highest BCUT2D eigenvalue weighted by Crippen LogP contribution is 2.13. The summed E-state index contributed by atoms with van der Waals surface area (Å²) in [6.07, 6.45) is 0.847. The van der Waals surface area contributed by atoms with Gasteiger partial charge in [0.05, 0.1) is 0 Å². The van der Waals surface area contributed by atoms with Gasteiger partial charge in [-0.1, -0.05) is 20.8 Å². The SMILES string of the molecule is CCC[S@@](=N)(=O)[C@H](C)C(C)C. The highest BCUT2D eigenvalue weighted by Gasteiger charge is 2.18. The molecule has 0 rings (SSSR count). The number of hydrogen-bond donors (Lipinski definition) is 1. The minimum atomic E-state index is -2.31. The average molecular weight is 177 g/mol. The maximum absolute atomic E-state index is 11.6. The highest BCUT2D eigenvalue weighted by atomic mass is 32.2. The smallest absolute Gasteiger partial charge is 0.0470 e. The summed E-state index contributed by atoms with van der Waals surface area (Å²) in [6, 6.07) is 0. The van der Waals surface area contributed by atoms with Crippen LogP contribution >= 0.6 is 0 Å². The molecule has 0 aliphatic carbocycles. The molecule has 3 heteroatoms. The maximum Gasteiger partial charge on any atom is 0.0470 e. The highest BCUT2D eigenvalue weighted by molar-refractivity contribution is 7.93. The molecule has 0 bridgehead atoms. The number of hydrogen-bond acceptors (Lipinski definition) is 2. The Kier molecular flexibility index (Phi) is 4.08. The molecule has 0 unspecified atom stereocenters. The topological polar surface area (TPSA) is 40.9 Å². The van der Waals surface area contributed by atoms with E-state index in [0.717, 1.165) is 6.42 Å². The second-order valence-electron chi connectivity index (χ2n) is 3.38. The van der Waals surface area contributed by atoms with E-state index in [0.29, 0.717) is 11.7 Å². The van der Waals surface area contributed by atoms with Gasteiger partial charge in [-0.15, -0.1) is 0 Å². The molecule has 0 saturated carbocycles. The van der Waals surface area contributed by atoms with Gasteiger partial charge < -0.3 is 0 Å². The van der Waals surface area contributed by atoms with E-state index in [1.54, 1.807) is 0 Å². The normalized spacial score (nSPS) is 19.7. The Bertz CT molecular complexity index is 194. The Morgan fingerprint density at radius 2 is 1.82 bits per heavy atom. The van der Waals surface area contributed by atoms with Crippen molar-refractivity contribution in [2.24, 2.45) is 5.92 Å². The molecule has 0 aromatic heterocycles. The van der Waals surface area contributed by atoms with E-state index < -0.39 is 9.73 Å². The lowest BCUT2D eigenvalue weighted by atomic mass is 10.2. The lowest BCUT2D eigenvalue weighted by Gasteiger charge is -2.18. The molecular formula is C8H19NOS. The van der Waals surface area contributed by atoms with Gasteiger partial charge in [0.15, 0.2) is 0 Å². The minimum absolute atomic E-state index is 0.0300. The molecule has 0 saturated heterocycles. The molecule has 0 heterocycles. The molecule has 0 radical (unpaired) electrons. The molecule has 11 heavy (non-hydrogen) atoms. The largest absolute Gasteiger partial charge is 0.253 e. The fourth-order valence-electron chi connectivity index (χ4n) is 0.929. The maximum atomic E-state index is 11.6. The second kappa shape index (κ2) is 4.10. The fraction of sp³-hybridized carbons (Fsp3) is 1.00. The first-order valence-electron chi connectivity index (χ1n) is 4.17. The lowest BCUT2D eigenvalue weighted by molar-refractivity contribution is 0.596. The van der Waals surface area contributed by atoms with Crippen LogP contribution < -0.4 is 0 Å². The summed E-state index contributed by atoms with van der Waals surface area (Å²) < 4.78 is 19.2. The Morgan fingerprint density at radius 3 is 2.09 bits per heavy atom. The van der Waals surface area contributed by atoms with Crippen molar-refractivity contribution in [1.29, 1.82) is 4.78 Å². The van der Waals surface area contributed by atoms with Crippen molar-refractivity contribution in [3.8, 4) is 0 Å². The molecule has 0 amide bonds. The van der Waals surface area contributed by atoms with E-state index >= 15 is 0 Å². The lowest BCUT2D eigenvalue weighted by Crippen LogP contribution is -2.24. The zero-order chi connectivity index (χ0) is 9.07. The van der Waals surface area contributed by atoms with Gasteiger partial charge >= 0.3 is 0 Å².